The molecule has 1 aromatic carbocycles. The normalized spacial score (nSPS) is 22.8. The number of carboxylic acid groups (broad SMARTS) is 1. The molecule has 1 saturated heterocycles. The number of carbonyl (C=O) groups is 3. The molecule has 3 heterocycles. The van der Waals surface area contributed by atoms with Crippen LogP contribution >= 0.6 is 23.1 Å². The largest absolute Gasteiger partial charge is 0.477 e. The Labute approximate surface area is 191 Å². The maximum absolute atomic E-state index is 12.7. The monoisotopic (exact) mass is 471 g/mol. The predicted octanol–water partition coefficient (Wildman–Crippen LogP) is 2.00. The molecule has 2 aromatic rings. The summed E-state index contributed by atoms with van der Waals surface area (Å²) in [6.07, 6.45) is 6.10. The number of β-lactam (4-membered cyclic amide) rings is 1. The molecular formula is C21H21N5O4S2. The number of nitrogens with zero attached hydrogens (tertiary/aromatic N) is 2. The van der Waals surface area contributed by atoms with E-state index in [0.29, 0.717) is 22.4 Å². The van der Waals surface area contributed by atoms with Crippen LogP contribution < -0.4 is 16.4 Å². The quantitative estimate of drug-likeness (QED) is 0.450. The molecule has 1 unspecified atom stereocenters. The molecule has 32 heavy (non-hydrogen) atoms. The Bertz CT molecular complexity index is 1190. The van der Waals surface area contributed by atoms with Crippen LogP contribution in [0.5, 0.6) is 0 Å². The van der Waals surface area contributed by atoms with Gasteiger partial charge >= 0.3 is 5.97 Å². The lowest BCUT2D eigenvalue weighted by molar-refractivity contribution is -0.150. The molecule has 1 aliphatic carbocycles. The number of aliphatic carboxylic acids is 1. The van der Waals surface area contributed by atoms with E-state index in [1.165, 1.54) is 28.0 Å². The minimum atomic E-state index is -1.12. The van der Waals surface area contributed by atoms with Crippen LogP contribution in [0.1, 0.15) is 12.8 Å². The van der Waals surface area contributed by atoms with E-state index in [1.54, 1.807) is 0 Å². The Morgan fingerprint density at radius 2 is 2.16 bits per heavy atom. The Morgan fingerprint density at radius 1 is 1.34 bits per heavy atom. The number of thiazole rings is 1. The van der Waals surface area contributed by atoms with Gasteiger partial charge in [-0.25, -0.2) is 9.78 Å². The highest BCUT2D eigenvalue weighted by atomic mass is 32.2. The molecule has 2 amide bonds. The zero-order chi connectivity index (χ0) is 22.4. The molecule has 11 heteroatoms. The number of nitrogens with two attached hydrogens (primary N) is 1. The van der Waals surface area contributed by atoms with Crippen molar-refractivity contribution in [2.75, 3.05) is 23.3 Å². The van der Waals surface area contributed by atoms with Crippen molar-refractivity contribution >= 4 is 61.9 Å². The molecule has 1 aromatic heterocycles. The van der Waals surface area contributed by atoms with Crippen LogP contribution in [0.25, 0.3) is 10.2 Å². The zero-order valence-electron chi connectivity index (χ0n) is 16.9. The van der Waals surface area contributed by atoms with Gasteiger partial charge in [0.05, 0.1) is 16.8 Å². The second-order valence-electron chi connectivity index (χ2n) is 7.92. The summed E-state index contributed by atoms with van der Waals surface area (Å²) in [4.78, 5) is 42.5. The van der Waals surface area contributed by atoms with Crippen LogP contribution in [-0.4, -0.2) is 56.5 Å². The molecule has 0 radical (unpaired) electrons. The number of carbonyl (C=O) groups excluding carboxylic acids is 2. The standard InChI is InChI=1S/C21H21N5O4S2/c22-21-24-13-6-5-12(7-14(13)32-21)23-8-15(27)25-16-18(28)26-17(20(29)30)11(9-31-19(16)26)4-3-10-1-2-10/h3-7,10,16,19,23H,1-2,8-9H2,(H2,22,24)(H,25,27)(H,29,30)/t16?,19-/m0/s1. The Morgan fingerprint density at radius 3 is 2.91 bits per heavy atom. The van der Waals surface area contributed by atoms with Gasteiger partial charge in [-0.05, 0) is 42.5 Å². The van der Waals surface area contributed by atoms with Gasteiger partial charge in [-0.1, -0.05) is 23.5 Å². The first-order valence-electron chi connectivity index (χ1n) is 10.2. The Kier molecular flexibility index (Phi) is 5.30. The van der Waals surface area contributed by atoms with E-state index in [2.05, 4.69) is 15.6 Å². The first kappa shape index (κ1) is 20.8. The summed E-state index contributed by atoms with van der Waals surface area (Å²) in [7, 11) is 0. The first-order valence-corrected chi connectivity index (χ1v) is 12.1. The minimum absolute atomic E-state index is 0.0159. The molecule has 2 atom stereocenters. The third-order valence-electron chi connectivity index (χ3n) is 5.57. The van der Waals surface area contributed by atoms with Crippen LogP contribution in [0.4, 0.5) is 10.8 Å². The number of rotatable bonds is 7. The van der Waals surface area contributed by atoms with Crippen LogP contribution in [0.15, 0.2) is 41.6 Å². The molecule has 9 nitrogen and oxygen atoms in total. The number of benzene rings is 1. The molecule has 2 aliphatic heterocycles. The van der Waals surface area contributed by atoms with Crippen LogP contribution in [0, 0.1) is 5.92 Å². The van der Waals surface area contributed by atoms with Crippen molar-refractivity contribution in [3.63, 3.8) is 0 Å². The minimum Gasteiger partial charge on any atom is -0.477 e. The van der Waals surface area contributed by atoms with Gasteiger partial charge in [0.15, 0.2) is 5.13 Å². The van der Waals surface area contributed by atoms with E-state index in [4.69, 9.17) is 5.73 Å². The van der Waals surface area contributed by atoms with Gasteiger partial charge in [-0.15, -0.1) is 11.8 Å². The van der Waals surface area contributed by atoms with E-state index in [9.17, 15) is 19.5 Å². The van der Waals surface area contributed by atoms with Gasteiger partial charge < -0.3 is 21.5 Å². The lowest BCUT2D eigenvalue weighted by Crippen LogP contribution is -2.70. The van der Waals surface area contributed by atoms with E-state index < -0.39 is 23.3 Å². The van der Waals surface area contributed by atoms with Gasteiger partial charge in [-0.2, -0.15) is 0 Å². The summed E-state index contributed by atoms with van der Waals surface area (Å²) in [6, 6.07) is 4.76. The number of amides is 2. The maximum Gasteiger partial charge on any atom is 0.352 e. The highest BCUT2D eigenvalue weighted by molar-refractivity contribution is 8.00. The molecule has 2 fully saturated rings. The Hall–Kier alpha value is -3.05. The van der Waals surface area contributed by atoms with Gasteiger partial charge in [0.1, 0.15) is 17.1 Å². The third kappa shape index (κ3) is 3.93. The summed E-state index contributed by atoms with van der Waals surface area (Å²) >= 11 is 2.83. The van der Waals surface area contributed by atoms with E-state index in [1.807, 2.05) is 30.4 Å². The molecule has 5 rings (SSSR count). The van der Waals surface area contributed by atoms with Crippen molar-refractivity contribution in [3.05, 3.63) is 41.6 Å². The van der Waals surface area contributed by atoms with Gasteiger partial charge in [0, 0.05) is 11.4 Å². The van der Waals surface area contributed by atoms with Crippen molar-refractivity contribution in [2.24, 2.45) is 5.92 Å². The second kappa shape index (κ2) is 8.14. The molecule has 5 N–H and O–H groups in total. The summed E-state index contributed by atoms with van der Waals surface area (Å²) in [6.45, 7) is -0.0159. The van der Waals surface area contributed by atoms with Crippen molar-refractivity contribution in [2.45, 2.75) is 24.3 Å². The summed E-state index contributed by atoms with van der Waals surface area (Å²) in [5.74, 6) is -0.854. The predicted molar refractivity (Wildman–Crippen MR) is 124 cm³/mol. The topological polar surface area (TPSA) is 138 Å². The summed E-state index contributed by atoms with van der Waals surface area (Å²) in [5, 5.41) is 15.5. The highest BCUT2D eigenvalue weighted by Crippen LogP contribution is 2.41. The molecule has 0 spiro atoms. The fourth-order valence-electron chi connectivity index (χ4n) is 3.77. The number of hydrogen-bond acceptors (Lipinski definition) is 8. The number of aromatic nitrogens is 1. The van der Waals surface area contributed by atoms with Crippen LogP contribution in [0.3, 0.4) is 0 Å². The number of nitrogen functional groups attached to an aromatic ring is 1. The lowest BCUT2D eigenvalue weighted by atomic mass is 10.0. The van der Waals surface area contributed by atoms with Gasteiger partial charge in [0.25, 0.3) is 5.91 Å². The molecule has 0 bridgehead atoms. The molecule has 166 valence electrons. The smallest absolute Gasteiger partial charge is 0.352 e. The summed E-state index contributed by atoms with van der Waals surface area (Å²) < 4.78 is 0.913. The van der Waals surface area contributed by atoms with Crippen molar-refractivity contribution in [1.82, 2.24) is 15.2 Å². The van der Waals surface area contributed by atoms with Crippen LogP contribution in [0.2, 0.25) is 0 Å². The van der Waals surface area contributed by atoms with Crippen molar-refractivity contribution in [3.8, 4) is 0 Å². The number of thioether (sulfide) groups is 1. The molecular weight excluding hydrogens is 450 g/mol. The van der Waals surface area contributed by atoms with Crippen molar-refractivity contribution < 1.29 is 19.5 Å². The Balaban J connectivity index is 1.21. The number of allylic oxidation sites excluding steroid dienone is 2. The van der Waals surface area contributed by atoms with Crippen molar-refractivity contribution in [1.29, 1.82) is 0 Å². The second-order valence-corrected chi connectivity index (χ2v) is 10.1. The average molecular weight is 472 g/mol. The number of anilines is 2. The number of carboxylic acids is 1. The lowest BCUT2D eigenvalue weighted by Gasteiger charge is -2.49. The third-order valence-corrected chi connectivity index (χ3v) is 7.72. The summed E-state index contributed by atoms with van der Waals surface area (Å²) in [5.41, 5.74) is 7.93. The maximum atomic E-state index is 12.7. The fraction of sp³-hybridized carbons (Fsp3) is 0.333. The van der Waals surface area contributed by atoms with Gasteiger partial charge in [0.2, 0.25) is 5.91 Å². The zero-order valence-corrected chi connectivity index (χ0v) is 18.5. The van der Waals surface area contributed by atoms with E-state index in [0.717, 1.165) is 28.7 Å². The van der Waals surface area contributed by atoms with Gasteiger partial charge in [-0.3, -0.25) is 14.5 Å². The van der Waals surface area contributed by atoms with E-state index in [-0.39, 0.29) is 18.1 Å². The first-order chi connectivity index (χ1) is 15.4. The number of fused-ring (bicyclic) bond motifs is 2. The number of hydrogen-bond donors (Lipinski definition) is 4. The van der Waals surface area contributed by atoms with E-state index >= 15 is 0 Å². The SMILES string of the molecule is Nc1nc2ccc(NCC(=O)NC3C(=O)N4C(C(=O)O)=C(C=CC5CC5)CS[C@@H]34)cc2s1. The molecule has 1 saturated carbocycles. The highest BCUT2D eigenvalue weighted by Gasteiger charge is 2.53. The van der Waals surface area contributed by atoms with Crippen LogP contribution in [-0.2, 0) is 14.4 Å². The average Bonchev–Trinajstić information content (AvgIpc) is 3.52. The fourth-order valence-corrected chi connectivity index (χ4v) is 5.86. The molecule has 3 aliphatic rings. The number of nitrogens with one attached hydrogen (secondary N) is 2.